The van der Waals surface area contributed by atoms with Gasteiger partial charge >= 0.3 is 5.97 Å². The molecule has 0 aliphatic carbocycles. The number of fused-ring (bicyclic) bond motifs is 1. The van der Waals surface area contributed by atoms with E-state index in [0.29, 0.717) is 11.0 Å². The highest BCUT2D eigenvalue weighted by molar-refractivity contribution is 9.10. The number of hydrogen-bond donors (Lipinski definition) is 0. The van der Waals surface area contributed by atoms with E-state index in [4.69, 9.17) is 4.74 Å². The number of benzene rings is 2. The summed E-state index contributed by atoms with van der Waals surface area (Å²) in [7, 11) is 0. The van der Waals surface area contributed by atoms with Crippen molar-refractivity contribution in [1.82, 2.24) is 0 Å². The lowest BCUT2D eigenvalue weighted by atomic mass is 10.2. The van der Waals surface area contributed by atoms with Crippen molar-refractivity contribution in [2.75, 3.05) is 11.4 Å². The molecule has 6 heteroatoms. The van der Waals surface area contributed by atoms with Crippen LogP contribution in [0.4, 0.5) is 10.1 Å². The minimum Gasteiger partial charge on any atom is -0.449 e. The molecule has 1 amide bonds. The molecule has 2 aromatic rings. The standard InChI is InChI=1S/C18H15BrFNO3/c1-11(24-18(23)14-10-13(20)6-7-15(14)19)17(22)21-9-8-12-4-2-3-5-16(12)21/h2-7,10-11H,8-9H2,1H3/t11-/m1/s1. The Balaban J connectivity index is 1.73. The summed E-state index contributed by atoms with van der Waals surface area (Å²) in [5, 5.41) is 0. The molecular weight excluding hydrogens is 377 g/mol. The van der Waals surface area contributed by atoms with Crippen LogP contribution in [0, 0.1) is 5.82 Å². The summed E-state index contributed by atoms with van der Waals surface area (Å²) in [5.41, 5.74) is 1.99. The molecule has 1 atom stereocenters. The van der Waals surface area contributed by atoms with Gasteiger partial charge in [-0.25, -0.2) is 9.18 Å². The predicted octanol–water partition coefficient (Wildman–Crippen LogP) is 3.72. The van der Waals surface area contributed by atoms with E-state index in [2.05, 4.69) is 15.9 Å². The smallest absolute Gasteiger partial charge is 0.340 e. The van der Waals surface area contributed by atoms with Crippen molar-refractivity contribution in [2.45, 2.75) is 19.4 Å². The number of ether oxygens (including phenoxy) is 1. The molecule has 1 aliphatic heterocycles. The molecular formula is C18H15BrFNO3. The number of carbonyl (C=O) groups excluding carboxylic acids is 2. The number of anilines is 1. The lowest BCUT2D eigenvalue weighted by molar-refractivity contribution is -0.126. The number of nitrogens with zero attached hydrogens (tertiary/aromatic N) is 1. The molecule has 0 unspecified atom stereocenters. The number of rotatable bonds is 3. The first-order valence-corrected chi connectivity index (χ1v) is 8.32. The molecule has 0 spiro atoms. The third kappa shape index (κ3) is 3.19. The molecule has 0 saturated heterocycles. The minimum atomic E-state index is -0.959. The van der Waals surface area contributed by atoms with Crippen LogP contribution in [0.2, 0.25) is 0 Å². The number of para-hydroxylation sites is 1. The topological polar surface area (TPSA) is 46.6 Å². The van der Waals surface area contributed by atoms with Crippen molar-refractivity contribution in [2.24, 2.45) is 0 Å². The van der Waals surface area contributed by atoms with Crippen molar-refractivity contribution in [3.63, 3.8) is 0 Å². The fourth-order valence-electron chi connectivity index (χ4n) is 2.71. The molecule has 0 radical (unpaired) electrons. The minimum absolute atomic E-state index is 0.0523. The van der Waals surface area contributed by atoms with Crippen LogP contribution in [0.25, 0.3) is 0 Å². The maximum atomic E-state index is 13.3. The van der Waals surface area contributed by atoms with Crippen LogP contribution in [0.5, 0.6) is 0 Å². The van der Waals surface area contributed by atoms with Crippen molar-refractivity contribution >= 4 is 33.5 Å². The van der Waals surface area contributed by atoms with Gasteiger partial charge in [-0.15, -0.1) is 0 Å². The first kappa shape index (κ1) is 16.6. The molecule has 0 aromatic heterocycles. The van der Waals surface area contributed by atoms with Gasteiger partial charge in [0.2, 0.25) is 0 Å². The third-order valence-electron chi connectivity index (χ3n) is 3.93. The van der Waals surface area contributed by atoms with Gasteiger partial charge in [-0.2, -0.15) is 0 Å². The van der Waals surface area contributed by atoms with Crippen molar-refractivity contribution < 1.29 is 18.7 Å². The van der Waals surface area contributed by atoms with Gasteiger partial charge in [0.25, 0.3) is 5.91 Å². The highest BCUT2D eigenvalue weighted by Crippen LogP contribution is 2.28. The molecule has 0 saturated carbocycles. The van der Waals surface area contributed by atoms with Crippen LogP contribution < -0.4 is 4.90 Å². The molecule has 1 aliphatic rings. The lowest BCUT2D eigenvalue weighted by Crippen LogP contribution is -2.39. The zero-order valence-corrected chi connectivity index (χ0v) is 14.5. The summed E-state index contributed by atoms with van der Waals surface area (Å²) in [5.74, 6) is -1.58. The Morgan fingerprint density at radius 2 is 2.00 bits per heavy atom. The predicted molar refractivity (Wildman–Crippen MR) is 91.5 cm³/mol. The molecule has 24 heavy (non-hydrogen) atoms. The highest BCUT2D eigenvalue weighted by atomic mass is 79.9. The molecule has 2 aromatic carbocycles. The Morgan fingerprint density at radius 1 is 1.25 bits per heavy atom. The van der Waals surface area contributed by atoms with Crippen LogP contribution in [0.1, 0.15) is 22.8 Å². The van der Waals surface area contributed by atoms with Crippen molar-refractivity contribution in [1.29, 1.82) is 0 Å². The van der Waals surface area contributed by atoms with E-state index in [1.807, 2.05) is 24.3 Å². The average molecular weight is 392 g/mol. The van der Waals surface area contributed by atoms with Gasteiger partial charge in [-0.1, -0.05) is 18.2 Å². The molecule has 3 rings (SSSR count). The molecule has 0 N–H and O–H groups in total. The van der Waals surface area contributed by atoms with E-state index in [1.54, 1.807) is 4.90 Å². The summed E-state index contributed by atoms with van der Waals surface area (Å²) in [4.78, 5) is 26.4. The molecule has 0 bridgehead atoms. The molecule has 0 fully saturated rings. The molecule has 124 valence electrons. The van der Waals surface area contributed by atoms with Crippen molar-refractivity contribution in [3.05, 3.63) is 63.9 Å². The largest absolute Gasteiger partial charge is 0.449 e. The maximum absolute atomic E-state index is 13.3. The summed E-state index contributed by atoms with van der Waals surface area (Å²) < 4.78 is 19.0. The van der Waals surface area contributed by atoms with Crippen LogP contribution in [0.3, 0.4) is 0 Å². The summed E-state index contributed by atoms with van der Waals surface area (Å²) in [6.07, 6.45) is -0.184. The second-order valence-electron chi connectivity index (χ2n) is 5.54. The van der Waals surface area contributed by atoms with Gasteiger partial charge in [-0.3, -0.25) is 4.79 Å². The molecule has 4 nitrogen and oxygen atoms in total. The number of halogens is 2. The van der Waals surface area contributed by atoms with Gasteiger partial charge in [-0.05, 0) is 59.1 Å². The Bertz CT molecular complexity index is 809. The van der Waals surface area contributed by atoms with Crippen LogP contribution in [-0.4, -0.2) is 24.5 Å². The van der Waals surface area contributed by atoms with E-state index < -0.39 is 17.9 Å². The first-order chi connectivity index (χ1) is 11.5. The molecule has 1 heterocycles. The first-order valence-electron chi connectivity index (χ1n) is 7.52. The lowest BCUT2D eigenvalue weighted by Gasteiger charge is -2.21. The van der Waals surface area contributed by atoms with Gasteiger partial charge in [0.1, 0.15) is 5.82 Å². The van der Waals surface area contributed by atoms with Crippen LogP contribution >= 0.6 is 15.9 Å². The van der Waals surface area contributed by atoms with Crippen molar-refractivity contribution in [3.8, 4) is 0 Å². The highest BCUT2D eigenvalue weighted by Gasteiger charge is 2.30. The number of amides is 1. The SMILES string of the molecule is C[C@@H](OC(=O)c1cc(F)ccc1Br)C(=O)N1CCc2ccccc21. The van der Waals surface area contributed by atoms with E-state index in [-0.39, 0.29) is 11.5 Å². The van der Waals surface area contributed by atoms with Gasteiger partial charge in [0, 0.05) is 16.7 Å². The average Bonchev–Trinajstić information content (AvgIpc) is 3.00. The number of esters is 1. The van der Waals surface area contributed by atoms with E-state index in [0.717, 1.165) is 23.7 Å². The van der Waals surface area contributed by atoms with E-state index in [1.165, 1.54) is 19.1 Å². The number of carbonyl (C=O) groups is 2. The van der Waals surface area contributed by atoms with Crippen LogP contribution in [0.15, 0.2) is 46.9 Å². The Morgan fingerprint density at radius 3 is 2.79 bits per heavy atom. The zero-order chi connectivity index (χ0) is 17.3. The van der Waals surface area contributed by atoms with Crippen LogP contribution in [-0.2, 0) is 16.0 Å². The van der Waals surface area contributed by atoms with E-state index in [9.17, 15) is 14.0 Å². The fraction of sp³-hybridized carbons (Fsp3) is 0.222. The summed E-state index contributed by atoms with van der Waals surface area (Å²) >= 11 is 3.18. The fourth-order valence-corrected chi connectivity index (χ4v) is 3.12. The Kier molecular flexibility index (Phi) is 4.66. The Labute approximate surface area is 147 Å². The quantitative estimate of drug-likeness (QED) is 0.749. The summed E-state index contributed by atoms with van der Waals surface area (Å²) in [6.45, 7) is 2.08. The number of hydrogen-bond acceptors (Lipinski definition) is 3. The second-order valence-corrected chi connectivity index (χ2v) is 6.39. The zero-order valence-electron chi connectivity index (χ0n) is 13.0. The Hall–Kier alpha value is -2.21. The monoisotopic (exact) mass is 391 g/mol. The van der Waals surface area contributed by atoms with Gasteiger partial charge in [0.15, 0.2) is 6.10 Å². The third-order valence-corrected chi connectivity index (χ3v) is 4.62. The normalized spacial score (nSPS) is 14.2. The maximum Gasteiger partial charge on any atom is 0.340 e. The summed E-state index contributed by atoms with van der Waals surface area (Å²) in [6, 6.07) is 11.4. The van der Waals surface area contributed by atoms with Gasteiger partial charge < -0.3 is 9.64 Å². The second kappa shape index (κ2) is 6.73. The van der Waals surface area contributed by atoms with Gasteiger partial charge in [0.05, 0.1) is 5.56 Å². The van der Waals surface area contributed by atoms with E-state index >= 15 is 0 Å².